The van der Waals surface area contributed by atoms with Gasteiger partial charge in [-0.2, -0.15) is 0 Å². The van der Waals surface area contributed by atoms with Gasteiger partial charge in [0.2, 0.25) is 0 Å². The molecule has 4 atom stereocenters. The summed E-state index contributed by atoms with van der Waals surface area (Å²) in [6, 6.07) is 7.12. The molecule has 216 valence electrons. The van der Waals surface area contributed by atoms with Crippen molar-refractivity contribution in [3.05, 3.63) is 104 Å². The van der Waals surface area contributed by atoms with Gasteiger partial charge < -0.3 is 20.8 Å². The van der Waals surface area contributed by atoms with Gasteiger partial charge in [0, 0.05) is 40.7 Å². The lowest BCUT2D eigenvalue weighted by Crippen LogP contribution is -2.43. The van der Waals surface area contributed by atoms with E-state index in [1.807, 2.05) is 6.20 Å². The van der Waals surface area contributed by atoms with Crippen molar-refractivity contribution in [2.75, 3.05) is 13.2 Å². The van der Waals surface area contributed by atoms with Gasteiger partial charge in [-0.15, -0.1) is 0 Å². The standard InChI is InChI=1S/C36H45N3O2/c1-8-25-11-10-20(3)29(12-25)31-15-32-33(36(40)39-34(32)13-26(31)9-2)14-30-22(5)21(4)23(6)35(24(30)7)27(16-37)17-38-28-18-41-19-28/h10-17,21-22,26,28,31,37-38H,8-9,18-19H2,1-7H3,(H,39,40)/b27-17+,33-14-,37-16?. The van der Waals surface area contributed by atoms with Crippen molar-refractivity contribution in [1.82, 2.24) is 10.6 Å². The number of rotatable bonds is 8. The first-order chi connectivity index (χ1) is 19.7. The van der Waals surface area contributed by atoms with Crippen LogP contribution in [0, 0.1) is 30.1 Å². The maximum atomic E-state index is 13.5. The summed E-state index contributed by atoms with van der Waals surface area (Å²) in [6.07, 6.45) is 12.2. The molecule has 2 aliphatic carbocycles. The highest BCUT2D eigenvalue weighted by Crippen LogP contribution is 2.45. The van der Waals surface area contributed by atoms with Gasteiger partial charge in [-0.25, -0.2) is 0 Å². The summed E-state index contributed by atoms with van der Waals surface area (Å²) in [6.45, 7) is 16.9. The highest BCUT2D eigenvalue weighted by Gasteiger charge is 2.36. The van der Waals surface area contributed by atoms with Gasteiger partial charge in [-0.1, -0.05) is 63.6 Å². The molecule has 3 N–H and O–H groups in total. The first-order valence-corrected chi connectivity index (χ1v) is 15.2. The van der Waals surface area contributed by atoms with Gasteiger partial charge in [0.25, 0.3) is 5.91 Å². The molecule has 5 heteroatoms. The van der Waals surface area contributed by atoms with Gasteiger partial charge in [0.15, 0.2) is 0 Å². The Labute approximate surface area is 245 Å². The van der Waals surface area contributed by atoms with Gasteiger partial charge in [0.1, 0.15) is 0 Å². The molecule has 1 amide bonds. The van der Waals surface area contributed by atoms with Crippen LogP contribution >= 0.6 is 0 Å². The number of ether oxygens (including phenoxy) is 1. The first-order valence-electron chi connectivity index (χ1n) is 15.2. The molecule has 2 heterocycles. The summed E-state index contributed by atoms with van der Waals surface area (Å²) in [5.41, 5.74) is 12.3. The fourth-order valence-electron chi connectivity index (χ4n) is 6.78. The molecule has 2 aliphatic heterocycles. The number of hydrogen-bond acceptors (Lipinski definition) is 4. The number of hydrogen-bond donors (Lipinski definition) is 3. The number of fused-ring (bicyclic) bond motifs is 1. The monoisotopic (exact) mass is 551 g/mol. The summed E-state index contributed by atoms with van der Waals surface area (Å²) in [7, 11) is 0. The van der Waals surface area contributed by atoms with Crippen LogP contribution in [0.3, 0.4) is 0 Å². The van der Waals surface area contributed by atoms with Gasteiger partial charge >= 0.3 is 0 Å². The Hall–Kier alpha value is -3.44. The van der Waals surface area contributed by atoms with E-state index < -0.39 is 0 Å². The average Bonchev–Trinajstić information content (AvgIpc) is 3.25. The quantitative estimate of drug-likeness (QED) is 0.241. The Morgan fingerprint density at radius 3 is 2.51 bits per heavy atom. The zero-order valence-electron chi connectivity index (χ0n) is 25.7. The molecule has 0 spiro atoms. The van der Waals surface area contributed by atoms with Crippen molar-refractivity contribution in [3.8, 4) is 0 Å². The average molecular weight is 552 g/mol. The smallest absolute Gasteiger partial charge is 0.256 e. The molecule has 5 nitrogen and oxygen atoms in total. The molecular weight excluding hydrogens is 506 g/mol. The van der Waals surface area contributed by atoms with Crippen LogP contribution in [0.25, 0.3) is 0 Å². The maximum Gasteiger partial charge on any atom is 0.256 e. The van der Waals surface area contributed by atoms with Crippen molar-refractivity contribution in [3.63, 3.8) is 0 Å². The molecule has 0 bridgehead atoms. The zero-order valence-corrected chi connectivity index (χ0v) is 25.7. The Morgan fingerprint density at radius 1 is 1.12 bits per heavy atom. The van der Waals surface area contributed by atoms with Crippen LogP contribution in [-0.2, 0) is 16.0 Å². The summed E-state index contributed by atoms with van der Waals surface area (Å²) in [4.78, 5) is 13.5. The minimum atomic E-state index is -0.0283. The van der Waals surface area contributed by atoms with Crippen molar-refractivity contribution in [2.45, 2.75) is 73.3 Å². The molecule has 0 saturated carbocycles. The third kappa shape index (κ3) is 5.32. The number of allylic oxidation sites excluding steroid dienone is 9. The third-order valence-corrected chi connectivity index (χ3v) is 9.83. The lowest BCUT2D eigenvalue weighted by atomic mass is 9.71. The number of carbonyl (C=O) groups is 1. The summed E-state index contributed by atoms with van der Waals surface area (Å²) in [5.74, 6) is 1.07. The Balaban J connectivity index is 1.59. The topological polar surface area (TPSA) is 74.2 Å². The van der Waals surface area contributed by atoms with Crippen LogP contribution in [0.5, 0.6) is 0 Å². The van der Waals surface area contributed by atoms with E-state index in [1.165, 1.54) is 34.1 Å². The van der Waals surface area contributed by atoms with Crippen LogP contribution < -0.4 is 10.6 Å². The van der Waals surface area contributed by atoms with E-state index in [0.717, 1.165) is 46.4 Å². The second-order valence-corrected chi connectivity index (χ2v) is 12.2. The van der Waals surface area contributed by atoms with Crippen molar-refractivity contribution >= 4 is 12.1 Å². The molecule has 4 aliphatic rings. The van der Waals surface area contributed by atoms with Gasteiger partial charge in [0.05, 0.1) is 19.3 Å². The molecule has 4 unspecified atom stereocenters. The SMILES string of the molecule is CCc1ccc(C)c(C2C=C3C(=CC2CC)NC(=O)/C3=C\C2=C(C)C(/C(C=N)=C/NC3COC3)=C(C)C(C)C2C)c1. The van der Waals surface area contributed by atoms with E-state index in [9.17, 15) is 4.79 Å². The Morgan fingerprint density at radius 2 is 1.88 bits per heavy atom. The zero-order chi connectivity index (χ0) is 29.4. The lowest BCUT2D eigenvalue weighted by Gasteiger charge is -2.33. The molecule has 5 rings (SSSR count). The van der Waals surface area contributed by atoms with E-state index in [0.29, 0.717) is 25.2 Å². The lowest BCUT2D eigenvalue weighted by molar-refractivity contribution is -0.115. The fraction of sp³-hybridized carbons (Fsp3) is 0.444. The fourth-order valence-corrected chi connectivity index (χ4v) is 6.78. The molecule has 0 radical (unpaired) electrons. The van der Waals surface area contributed by atoms with Crippen molar-refractivity contribution < 1.29 is 9.53 Å². The Kier molecular flexibility index (Phi) is 8.37. The molecule has 2 fully saturated rings. The predicted molar refractivity (Wildman–Crippen MR) is 168 cm³/mol. The molecule has 0 aromatic heterocycles. The second-order valence-electron chi connectivity index (χ2n) is 12.2. The second kappa shape index (κ2) is 11.8. The normalized spacial score (nSPS) is 27.8. The van der Waals surface area contributed by atoms with Crippen molar-refractivity contribution in [1.29, 1.82) is 5.41 Å². The van der Waals surface area contributed by atoms with Crippen LogP contribution in [-0.4, -0.2) is 31.4 Å². The van der Waals surface area contributed by atoms with Crippen molar-refractivity contribution in [2.24, 2.45) is 17.8 Å². The Bertz CT molecular complexity index is 1450. The van der Waals surface area contributed by atoms with Gasteiger partial charge in [-0.3, -0.25) is 4.79 Å². The summed E-state index contributed by atoms with van der Waals surface area (Å²) < 4.78 is 5.31. The minimum absolute atomic E-state index is 0.0283. The molecule has 1 aromatic carbocycles. The van der Waals surface area contributed by atoms with Crippen LogP contribution in [0.1, 0.15) is 70.6 Å². The van der Waals surface area contributed by atoms with Crippen LogP contribution in [0.4, 0.5) is 0 Å². The molecular formula is C36H45N3O2. The number of nitrogens with one attached hydrogen (secondary N) is 3. The third-order valence-electron chi connectivity index (χ3n) is 9.83. The molecule has 1 aromatic rings. The number of carbonyl (C=O) groups excluding carboxylic acids is 1. The number of aryl methyl sites for hydroxylation is 2. The van der Waals surface area contributed by atoms with Gasteiger partial charge in [-0.05, 0) is 90.9 Å². The van der Waals surface area contributed by atoms with Crippen LogP contribution in [0.2, 0.25) is 0 Å². The highest BCUT2D eigenvalue weighted by atomic mass is 16.5. The van der Waals surface area contributed by atoms with E-state index >= 15 is 0 Å². The summed E-state index contributed by atoms with van der Waals surface area (Å²) in [5, 5.41) is 14.8. The number of amides is 1. The van der Waals surface area contributed by atoms with Crippen LogP contribution in [0.15, 0.2) is 87.3 Å². The van der Waals surface area contributed by atoms with E-state index in [1.54, 1.807) is 0 Å². The van der Waals surface area contributed by atoms with E-state index in [-0.39, 0.29) is 23.7 Å². The summed E-state index contributed by atoms with van der Waals surface area (Å²) >= 11 is 0. The molecule has 41 heavy (non-hydrogen) atoms. The maximum absolute atomic E-state index is 13.5. The first kappa shape index (κ1) is 29.1. The predicted octanol–water partition coefficient (Wildman–Crippen LogP) is 6.99. The largest absolute Gasteiger partial charge is 0.383 e. The molecule has 2 saturated heterocycles. The minimum Gasteiger partial charge on any atom is -0.383 e. The van der Waals surface area contributed by atoms with E-state index in [4.69, 9.17) is 10.1 Å². The van der Waals surface area contributed by atoms with E-state index in [2.05, 4.69) is 95.5 Å². The number of benzene rings is 1. The highest BCUT2D eigenvalue weighted by molar-refractivity contribution is 6.06.